The second-order valence-electron chi connectivity index (χ2n) is 5.21. The summed E-state index contributed by atoms with van der Waals surface area (Å²) in [5.41, 5.74) is 1.34. The number of nitrogens with one attached hydrogen (secondary N) is 1. The van der Waals surface area contributed by atoms with E-state index in [0.29, 0.717) is 30.4 Å². The van der Waals surface area contributed by atoms with Crippen molar-refractivity contribution in [1.82, 2.24) is 9.78 Å². The third-order valence-corrected chi connectivity index (χ3v) is 3.88. The lowest BCUT2D eigenvalue weighted by Crippen LogP contribution is -2.27. The summed E-state index contributed by atoms with van der Waals surface area (Å²) in [4.78, 5) is 25.3. The highest BCUT2D eigenvalue weighted by Gasteiger charge is 2.14. The molecule has 0 spiro atoms. The molecule has 2 aromatic rings. The Morgan fingerprint density at radius 2 is 1.80 bits per heavy atom. The number of aryl methyl sites for hydroxylation is 1. The minimum atomic E-state index is -1.11. The lowest BCUT2D eigenvalue weighted by Gasteiger charge is -2.22. The van der Waals surface area contributed by atoms with E-state index in [-0.39, 0.29) is 17.4 Å². The van der Waals surface area contributed by atoms with Gasteiger partial charge in [0.05, 0.1) is 0 Å². The topological polar surface area (TPSA) is 87.5 Å². The van der Waals surface area contributed by atoms with Gasteiger partial charge in [-0.1, -0.05) is 0 Å². The SMILES string of the molecule is Cn1nc(NC(=O)c2ccc(N(CCCl)CCCl)cc2)cc1C(=O)O. The quantitative estimate of drug-likeness (QED) is 0.683. The number of carboxylic acids is 1. The highest BCUT2D eigenvalue weighted by atomic mass is 35.5. The maximum atomic E-state index is 12.3. The molecule has 25 heavy (non-hydrogen) atoms. The van der Waals surface area contributed by atoms with Crippen molar-refractivity contribution in [2.75, 3.05) is 35.1 Å². The molecule has 0 aliphatic rings. The Kier molecular flexibility index (Phi) is 6.66. The molecule has 1 heterocycles. The monoisotopic (exact) mass is 384 g/mol. The molecule has 0 unspecified atom stereocenters. The number of anilines is 2. The summed E-state index contributed by atoms with van der Waals surface area (Å²) in [5, 5.41) is 15.5. The smallest absolute Gasteiger partial charge is 0.354 e. The first-order valence-corrected chi connectivity index (χ1v) is 8.58. The molecule has 0 fully saturated rings. The normalized spacial score (nSPS) is 10.5. The van der Waals surface area contributed by atoms with Gasteiger partial charge < -0.3 is 15.3 Å². The summed E-state index contributed by atoms with van der Waals surface area (Å²) in [6.07, 6.45) is 0. The molecule has 0 aliphatic carbocycles. The standard InChI is InChI=1S/C16H18Cl2N4O3/c1-21-13(16(24)25)10-14(20-21)19-15(23)11-2-4-12(5-3-11)22(8-6-17)9-7-18/h2-5,10H,6-9H2,1H3,(H,24,25)(H,19,20,23). The van der Waals surface area contributed by atoms with Crippen LogP contribution in [0.25, 0.3) is 0 Å². The largest absolute Gasteiger partial charge is 0.477 e. The summed E-state index contributed by atoms with van der Waals surface area (Å²) >= 11 is 11.6. The van der Waals surface area contributed by atoms with Crippen LogP contribution in [0, 0.1) is 0 Å². The van der Waals surface area contributed by atoms with Crippen LogP contribution < -0.4 is 10.2 Å². The third kappa shape index (κ3) is 4.87. The van der Waals surface area contributed by atoms with Crippen molar-refractivity contribution < 1.29 is 14.7 Å². The molecule has 2 rings (SSSR count). The number of alkyl halides is 2. The Bertz CT molecular complexity index is 740. The van der Waals surface area contributed by atoms with Gasteiger partial charge in [-0.05, 0) is 24.3 Å². The number of hydrogen-bond acceptors (Lipinski definition) is 4. The summed E-state index contributed by atoms with van der Waals surface area (Å²) in [5.74, 6) is -0.351. The molecule has 1 aromatic heterocycles. The second-order valence-corrected chi connectivity index (χ2v) is 5.97. The van der Waals surface area contributed by atoms with Gasteiger partial charge in [-0.25, -0.2) is 4.79 Å². The number of rotatable bonds is 8. The van der Waals surface area contributed by atoms with Crippen LogP contribution in [0.4, 0.5) is 11.5 Å². The summed E-state index contributed by atoms with van der Waals surface area (Å²) < 4.78 is 1.19. The van der Waals surface area contributed by atoms with Crippen LogP contribution in [0.5, 0.6) is 0 Å². The molecule has 1 amide bonds. The molecule has 0 atom stereocenters. The van der Waals surface area contributed by atoms with Gasteiger partial charge in [-0.2, -0.15) is 5.10 Å². The number of halogens is 2. The van der Waals surface area contributed by atoms with E-state index in [0.717, 1.165) is 5.69 Å². The molecular weight excluding hydrogens is 367 g/mol. The molecule has 1 aromatic carbocycles. The van der Waals surface area contributed by atoms with Crippen LogP contribution >= 0.6 is 23.2 Å². The highest BCUT2D eigenvalue weighted by Crippen LogP contribution is 2.17. The van der Waals surface area contributed by atoms with Crippen molar-refractivity contribution in [1.29, 1.82) is 0 Å². The van der Waals surface area contributed by atoms with Gasteiger partial charge in [0.15, 0.2) is 5.82 Å². The van der Waals surface area contributed by atoms with Crippen molar-refractivity contribution in [3.8, 4) is 0 Å². The Morgan fingerprint density at radius 3 is 2.28 bits per heavy atom. The average Bonchev–Trinajstić information content (AvgIpc) is 2.95. The van der Waals surface area contributed by atoms with E-state index < -0.39 is 5.97 Å². The zero-order valence-corrected chi connectivity index (χ0v) is 15.1. The molecular formula is C16H18Cl2N4O3. The first kappa shape index (κ1) is 19.1. The number of nitrogens with zero attached hydrogens (tertiary/aromatic N) is 3. The molecule has 0 saturated heterocycles. The summed E-state index contributed by atoms with van der Waals surface area (Å²) in [6.45, 7) is 1.32. The van der Waals surface area contributed by atoms with Crippen LogP contribution in [-0.2, 0) is 7.05 Å². The summed E-state index contributed by atoms with van der Waals surface area (Å²) in [6, 6.07) is 8.30. The van der Waals surface area contributed by atoms with Crippen molar-refractivity contribution >= 4 is 46.6 Å². The first-order valence-electron chi connectivity index (χ1n) is 7.52. The average molecular weight is 385 g/mol. The summed E-state index contributed by atoms with van der Waals surface area (Å²) in [7, 11) is 1.50. The van der Waals surface area contributed by atoms with Crippen molar-refractivity contribution in [3.05, 3.63) is 41.6 Å². The van der Waals surface area contributed by atoms with Gasteiger partial charge in [0.2, 0.25) is 0 Å². The maximum absolute atomic E-state index is 12.3. The van der Waals surface area contributed by atoms with Gasteiger partial charge >= 0.3 is 5.97 Å². The fourth-order valence-electron chi connectivity index (χ4n) is 2.31. The number of amides is 1. The Labute approximate surface area is 155 Å². The predicted octanol–water partition coefficient (Wildman–Crippen LogP) is 2.65. The van der Waals surface area contributed by atoms with Gasteiger partial charge in [0.1, 0.15) is 5.69 Å². The van der Waals surface area contributed by atoms with Crippen molar-refractivity contribution in [2.24, 2.45) is 7.05 Å². The van der Waals surface area contributed by atoms with Gasteiger partial charge in [-0.15, -0.1) is 23.2 Å². The Morgan fingerprint density at radius 1 is 1.20 bits per heavy atom. The van der Waals surface area contributed by atoms with Crippen LogP contribution in [0.15, 0.2) is 30.3 Å². The van der Waals surface area contributed by atoms with E-state index in [4.69, 9.17) is 28.3 Å². The number of carbonyl (C=O) groups excluding carboxylic acids is 1. The Hall–Kier alpha value is -2.25. The van der Waals surface area contributed by atoms with E-state index in [1.54, 1.807) is 12.1 Å². The minimum absolute atomic E-state index is 0.0107. The predicted molar refractivity (Wildman–Crippen MR) is 98.2 cm³/mol. The molecule has 0 bridgehead atoms. The molecule has 0 radical (unpaired) electrons. The van der Waals surface area contributed by atoms with E-state index >= 15 is 0 Å². The number of aromatic nitrogens is 2. The van der Waals surface area contributed by atoms with E-state index in [1.165, 1.54) is 17.8 Å². The lowest BCUT2D eigenvalue weighted by atomic mass is 10.2. The molecule has 134 valence electrons. The minimum Gasteiger partial charge on any atom is -0.477 e. The van der Waals surface area contributed by atoms with Crippen LogP contribution in [0.3, 0.4) is 0 Å². The molecule has 7 nitrogen and oxygen atoms in total. The number of hydrogen-bond donors (Lipinski definition) is 2. The Balaban J connectivity index is 2.09. The number of aromatic carboxylic acids is 1. The van der Waals surface area contributed by atoms with Crippen LogP contribution in [-0.4, -0.2) is 51.6 Å². The van der Waals surface area contributed by atoms with E-state index in [9.17, 15) is 9.59 Å². The second kappa shape index (κ2) is 8.73. The van der Waals surface area contributed by atoms with Crippen LogP contribution in [0.2, 0.25) is 0 Å². The lowest BCUT2D eigenvalue weighted by molar-refractivity contribution is 0.0684. The van der Waals surface area contributed by atoms with Crippen LogP contribution in [0.1, 0.15) is 20.8 Å². The third-order valence-electron chi connectivity index (χ3n) is 3.54. The number of carbonyl (C=O) groups is 2. The van der Waals surface area contributed by atoms with E-state index in [1.807, 2.05) is 17.0 Å². The molecule has 0 aliphatic heterocycles. The molecule has 0 saturated carbocycles. The molecule has 9 heteroatoms. The highest BCUT2D eigenvalue weighted by molar-refractivity contribution is 6.18. The zero-order chi connectivity index (χ0) is 18.4. The zero-order valence-electron chi connectivity index (χ0n) is 13.6. The first-order chi connectivity index (χ1) is 12.0. The fraction of sp³-hybridized carbons (Fsp3) is 0.312. The fourth-order valence-corrected chi connectivity index (χ4v) is 2.72. The number of benzene rings is 1. The van der Waals surface area contributed by atoms with Gasteiger partial charge in [0.25, 0.3) is 5.91 Å². The van der Waals surface area contributed by atoms with E-state index in [2.05, 4.69) is 10.4 Å². The van der Waals surface area contributed by atoms with Gasteiger partial charge in [-0.3, -0.25) is 9.48 Å². The van der Waals surface area contributed by atoms with Crippen molar-refractivity contribution in [2.45, 2.75) is 0 Å². The maximum Gasteiger partial charge on any atom is 0.354 e. The van der Waals surface area contributed by atoms with Crippen molar-refractivity contribution in [3.63, 3.8) is 0 Å². The molecule has 2 N–H and O–H groups in total. The number of carboxylic acid groups (broad SMARTS) is 1. The van der Waals surface area contributed by atoms with Gasteiger partial charge in [0, 0.05) is 49.2 Å².